The van der Waals surface area contributed by atoms with Gasteiger partial charge in [-0.05, 0) is 54.8 Å². The lowest BCUT2D eigenvalue weighted by Crippen LogP contribution is -2.43. The number of hydrogen-bond acceptors (Lipinski definition) is 6. The zero-order chi connectivity index (χ0) is 23.7. The molecular formula is C22H27FN2O6S. The van der Waals surface area contributed by atoms with Crippen molar-refractivity contribution in [3.8, 4) is 5.75 Å². The number of amides is 2. The quantitative estimate of drug-likeness (QED) is 0.426. The molecule has 8 nitrogen and oxygen atoms in total. The predicted molar refractivity (Wildman–Crippen MR) is 116 cm³/mol. The van der Waals surface area contributed by atoms with Gasteiger partial charge in [0.1, 0.15) is 23.0 Å². The van der Waals surface area contributed by atoms with Gasteiger partial charge < -0.3 is 19.1 Å². The molecule has 0 radical (unpaired) electrons. The average molecular weight is 467 g/mol. The van der Waals surface area contributed by atoms with Gasteiger partial charge in [0.05, 0.1) is 6.61 Å². The van der Waals surface area contributed by atoms with Crippen molar-refractivity contribution in [2.75, 3.05) is 19.7 Å². The normalized spacial score (nSPS) is 11.2. The van der Waals surface area contributed by atoms with Crippen LogP contribution in [0.5, 0.6) is 5.75 Å². The molecule has 174 valence electrons. The number of carbonyl (C=O) groups excluding carboxylic acids is 2. The Morgan fingerprint density at radius 2 is 1.81 bits per heavy atom. The second-order valence-electron chi connectivity index (χ2n) is 7.38. The first kappa shape index (κ1) is 25.1. The van der Waals surface area contributed by atoms with E-state index in [1.165, 1.54) is 17.0 Å². The minimum Gasteiger partial charge on any atom is -0.465 e. The van der Waals surface area contributed by atoms with E-state index in [1.54, 1.807) is 19.1 Å². The van der Waals surface area contributed by atoms with Gasteiger partial charge in [0.2, 0.25) is 0 Å². The van der Waals surface area contributed by atoms with E-state index in [0.717, 1.165) is 24.3 Å². The first-order valence-corrected chi connectivity index (χ1v) is 11.5. The number of nitrogens with one attached hydrogen (secondary N) is 1. The molecule has 2 amide bonds. The smallest absolute Gasteiger partial charge is 0.339 e. The maximum atomic E-state index is 13.1. The number of halogens is 1. The van der Waals surface area contributed by atoms with Crippen molar-refractivity contribution in [2.45, 2.75) is 32.2 Å². The number of benzene rings is 2. The number of urea groups is 1. The Hall–Kier alpha value is -3.14. The fraction of sp³-hybridized carbons (Fsp3) is 0.364. The van der Waals surface area contributed by atoms with Gasteiger partial charge in [-0.2, -0.15) is 8.42 Å². The van der Waals surface area contributed by atoms with E-state index in [1.807, 2.05) is 13.8 Å². The Balaban J connectivity index is 2.12. The Morgan fingerprint density at radius 1 is 1.12 bits per heavy atom. The molecule has 32 heavy (non-hydrogen) atoms. The largest absolute Gasteiger partial charge is 0.465 e. The van der Waals surface area contributed by atoms with Gasteiger partial charge in [0.15, 0.2) is 0 Å². The second kappa shape index (κ2) is 11.5. The minimum atomic E-state index is -4.15. The van der Waals surface area contributed by atoms with Gasteiger partial charge in [0, 0.05) is 13.1 Å². The van der Waals surface area contributed by atoms with Gasteiger partial charge in [-0.25, -0.2) is 9.18 Å². The zero-order valence-electron chi connectivity index (χ0n) is 18.2. The lowest BCUT2D eigenvalue weighted by atomic mass is 10.1. The number of esters is 1. The third-order valence-corrected chi connectivity index (χ3v) is 5.40. The number of hydrogen-bond donors (Lipinski definition) is 1. The highest BCUT2D eigenvalue weighted by atomic mass is 32.2. The first-order chi connectivity index (χ1) is 15.1. The molecule has 0 aromatic heterocycles. The molecule has 0 saturated carbocycles. The van der Waals surface area contributed by atoms with E-state index < -0.39 is 27.9 Å². The molecule has 0 spiro atoms. The summed E-state index contributed by atoms with van der Waals surface area (Å²) in [6, 6.07) is 10.2. The van der Waals surface area contributed by atoms with Crippen molar-refractivity contribution in [1.82, 2.24) is 10.2 Å². The highest BCUT2D eigenvalue weighted by Crippen LogP contribution is 2.21. The van der Waals surface area contributed by atoms with Crippen LogP contribution >= 0.6 is 0 Å². The van der Waals surface area contributed by atoms with Crippen molar-refractivity contribution >= 4 is 22.1 Å². The van der Waals surface area contributed by atoms with Crippen LogP contribution in [0.25, 0.3) is 0 Å². The summed E-state index contributed by atoms with van der Waals surface area (Å²) in [5, 5.41) is 2.53. The molecule has 1 N–H and O–H groups in total. The number of carbonyl (C=O) groups is 2. The van der Waals surface area contributed by atoms with Crippen LogP contribution in [0.4, 0.5) is 9.18 Å². The van der Waals surface area contributed by atoms with Crippen LogP contribution in [0.1, 0.15) is 26.3 Å². The molecule has 0 bridgehead atoms. The molecule has 2 aromatic carbocycles. The topological polar surface area (TPSA) is 102 Å². The molecule has 2 aromatic rings. The average Bonchev–Trinajstić information content (AvgIpc) is 2.71. The Kier molecular flexibility index (Phi) is 9.01. The molecule has 0 saturated heterocycles. The minimum absolute atomic E-state index is 0.0586. The SMILES string of the molecule is CCOC(=O)CNC(=O)N(Cc1cccc(OS(=O)(=O)c2ccc(F)cc2)c1)CC(C)C. The van der Waals surface area contributed by atoms with Gasteiger partial charge in [-0.1, -0.05) is 26.0 Å². The van der Waals surface area contributed by atoms with Crippen molar-refractivity contribution < 1.29 is 31.3 Å². The Bertz CT molecular complexity index is 1020. The van der Waals surface area contributed by atoms with Crippen LogP contribution in [0.2, 0.25) is 0 Å². The van der Waals surface area contributed by atoms with E-state index in [4.69, 9.17) is 8.92 Å². The fourth-order valence-electron chi connectivity index (χ4n) is 2.82. The molecular weight excluding hydrogens is 439 g/mol. The molecule has 10 heteroatoms. The maximum Gasteiger partial charge on any atom is 0.339 e. The van der Waals surface area contributed by atoms with Crippen LogP contribution < -0.4 is 9.50 Å². The molecule has 0 heterocycles. The van der Waals surface area contributed by atoms with Crippen LogP contribution in [0, 0.1) is 11.7 Å². The summed E-state index contributed by atoms with van der Waals surface area (Å²) in [5.41, 5.74) is 0.628. The molecule has 0 fully saturated rings. The molecule has 0 aliphatic heterocycles. The van der Waals surface area contributed by atoms with E-state index in [2.05, 4.69) is 5.32 Å². The van der Waals surface area contributed by atoms with Crippen molar-refractivity contribution in [3.05, 3.63) is 59.9 Å². The van der Waals surface area contributed by atoms with Gasteiger partial charge >= 0.3 is 22.1 Å². The number of rotatable bonds is 10. The van der Waals surface area contributed by atoms with E-state index in [-0.39, 0.29) is 36.3 Å². The molecule has 0 aliphatic rings. The zero-order valence-corrected chi connectivity index (χ0v) is 19.0. The summed E-state index contributed by atoms with van der Waals surface area (Å²) in [5.74, 6) is -0.881. The second-order valence-corrected chi connectivity index (χ2v) is 8.92. The lowest BCUT2D eigenvalue weighted by molar-refractivity contribution is -0.141. The summed E-state index contributed by atoms with van der Waals surface area (Å²) < 4.78 is 47.9. The predicted octanol–water partition coefficient (Wildman–Crippen LogP) is 3.32. The molecule has 0 atom stereocenters. The summed E-state index contributed by atoms with van der Waals surface area (Å²) in [7, 11) is -4.15. The lowest BCUT2D eigenvalue weighted by Gasteiger charge is -2.25. The maximum absolute atomic E-state index is 13.1. The van der Waals surface area contributed by atoms with Crippen LogP contribution in [0.3, 0.4) is 0 Å². The fourth-order valence-corrected chi connectivity index (χ4v) is 3.75. The van der Waals surface area contributed by atoms with Gasteiger partial charge in [-0.3, -0.25) is 4.79 Å². The van der Waals surface area contributed by atoms with Crippen LogP contribution in [-0.2, 0) is 26.2 Å². The summed E-state index contributed by atoms with van der Waals surface area (Å²) in [6.07, 6.45) is 0. The summed E-state index contributed by atoms with van der Waals surface area (Å²) in [6.45, 7) is 6.11. The van der Waals surface area contributed by atoms with Crippen LogP contribution in [-0.4, -0.2) is 45.0 Å². The van der Waals surface area contributed by atoms with Crippen LogP contribution in [0.15, 0.2) is 53.4 Å². The van der Waals surface area contributed by atoms with E-state index >= 15 is 0 Å². The summed E-state index contributed by atoms with van der Waals surface area (Å²) >= 11 is 0. The third kappa shape index (κ3) is 7.84. The number of ether oxygens (including phenoxy) is 1. The summed E-state index contributed by atoms with van der Waals surface area (Å²) in [4.78, 5) is 25.4. The Labute approximate surface area is 187 Å². The number of nitrogens with zero attached hydrogens (tertiary/aromatic N) is 1. The van der Waals surface area contributed by atoms with Gasteiger partial charge in [-0.15, -0.1) is 0 Å². The third-order valence-electron chi connectivity index (χ3n) is 4.14. The van der Waals surface area contributed by atoms with Crippen molar-refractivity contribution in [1.29, 1.82) is 0 Å². The standard InChI is InChI=1S/C22H27FN2O6S/c1-4-30-21(26)13-24-22(27)25(14-16(2)3)15-17-6-5-7-19(12-17)31-32(28,29)20-10-8-18(23)9-11-20/h5-12,16H,4,13-15H2,1-3H3,(H,24,27). The molecule has 0 aliphatic carbocycles. The monoisotopic (exact) mass is 466 g/mol. The van der Waals surface area contributed by atoms with Gasteiger partial charge in [0.25, 0.3) is 0 Å². The highest BCUT2D eigenvalue weighted by Gasteiger charge is 2.19. The molecule has 2 rings (SSSR count). The Morgan fingerprint density at radius 3 is 2.44 bits per heavy atom. The highest BCUT2D eigenvalue weighted by molar-refractivity contribution is 7.87. The first-order valence-electron chi connectivity index (χ1n) is 10.1. The van der Waals surface area contributed by atoms with E-state index in [0.29, 0.717) is 12.1 Å². The van der Waals surface area contributed by atoms with Crippen molar-refractivity contribution in [2.24, 2.45) is 5.92 Å². The molecule has 0 unspecified atom stereocenters. The van der Waals surface area contributed by atoms with E-state index in [9.17, 15) is 22.4 Å². The van der Waals surface area contributed by atoms with Crippen molar-refractivity contribution in [3.63, 3.8) is 0 Å².